The number of carbonyl (C=O) groups is 1. The molecule has 1 aromatic carbocycles. The molecule has 1 amide bonds. The lowest BCUT2D eigenvalue weighted by atomic mass is 9.95. The van der Waals surface area contributed by atoms with Gasteiger partial charge in [-0.15, -0.1) is 11.8 Å². The number of rotatable bonds is 2. The lowest BCUT2D eigenvalue weighted by Crippen LogP contribution is -2.27. The van der Waals surface area contributed by atoms with Crippen LogP contribution >= 0.6 is 11.8 Å². The van der Waals surface area contributed by atoms with E-state index in [0.29, 0.717) is 18.7 Å². The fourth-order valence-corrected chi connectivity index (χ4v) is 3.70. The van der Waals surface area contributed by atoms with E-state index in [0.717, 1.165) is 16.2 Å². The van der Waals surface area contributed by atoms with Gasteiger partial charge in [-0.2, -0.15) is 13.2 Å². The van der Waals surface area contributed by atoms with E-state index in [9.17, 15) is 22.8 Å². The van der Waals surface area contributed by atoms with Crippen molar-refractivity contribution >= 4 is 23.4 Å². The molecule has 0 spiro atoms. The third-order valence-electron chi connectivity index (χ3n) is 3.76. The number of halogens is 3. The van der Waals surface area contributed by atoms with Crippen molar-refractivity contribution < 1.29 is 18.0 Å². The number of hydrogen-bond acceptors (Lipinski definition) is 3. The standard InChI is InChI=1S/C16H13F3N2O2S/c17-16(18,19)9-7-12(15(23)20-8-9)21-14(22)11-5-6-24-13-4-2-1-3-10(11)13/h1-4,7-8,11H,5-6H2,(H,20,23)(H,21,22). The number of nitrogens with one attached hydrogen (secondary N) is 2. The van der Waals surface area contributed by atoms with Gasteiger partial charge in [-0.05, 0) is 29.9 Å². The summed E-state index contributed by atoms with van der Waals surface area (Å²) in [7, 11) is 0. The topological polar surface area (TPSA) is 62.0 Å². The second-order valence-electron chi connectivity index (χ2n) is 5.35. The van der Waals surface area contributed by atoms with Gasteiger partial charge in [0.25, 0.3) is 5.56 Å². The predicted molar refractivity (Wildman–Crippen MR) is 85.2 cm³/mol. The molecule has 126 valence electrons. The van der Waals surface area contributed by atoms with Gasteiger partial charge in [0.1, 0.15) is 5.69 Å². The number of thioether (sulfide) groups is 1. The highest BCUT2D eigenvalue weighted by atomic mass is 32.2. The number of aromatic nitrogens is 1. The van der Waals surface area contributed by atoms with E-state index in [2.05, 4.69) is 5.32 Å². The highest BCUT2D eigenvalue weighted by Crippen LogP contribution is 2.38. The normalized spacial score (nSPS) is 17.2. The van der Waals surface area contributed by atoms with Crippen LogP contribution in [0.25, 0.3) is 0 Å². The summed E-state index contributed by atoms with van der Waals surface area (Å²) in [6, 6.07) is 8.05. The molecule has 8 heteroatoms. The van der Waals surface area contributed by atoms with Crippen LogP contribution in [0.15, 0.2) is 46.2 Å². The third-order valence-corrected chi connectivity index (χ3v) is 4.89. The molecule has 0 bridgehead atoms. The molecular weight excluding hydrogens is 341 g/mol. The smallest absolute Gasteiger partial charge is 0.327 e. The molecule has 0 saturated carbocycles. The largest absolute Gasteiger partial charge is 0.417 e. The molecule has 1 aliphatic heterocycles. The molecule has 0 radical (unpaired) electrons. The van der Waals surface area contributed by atoms with Crippen molar-refractivity contribution in [1.82, 2.24) is 4.98 Å². The van der Waals surface area contributed by atoms with Gasteiger partial charge in [-0.1, -0.05) is 18.2 Å². The molecule has 2 N–H and O–H groups in total. The molecule has 2 aromatic rings. The summed E-state index contributed by atoms with van der Waals surface area (Å²) in [4.78, 5) is 27.2. The monoisotopic (exact) mass is 354 g/mol. The molecule has 0 fully saturated rings. The number of benzene rings is 1. The van der Waals surface area contributed by atoms with E-state index in [-0.39, 0.29) is 0 Å². The van der Waals surface area contributed by atoms with Crippen molar-refractivity contribution in [2.24, 2.45) is 0 Å². The van der Waals surface area contributed by atoms with E-state index in [1.165, 1.54) is 0 Å². The molecular formula is C16H13F3N2O2S. The molecule has 3 rings (SSSR count). The Morgan fingerprint density at radius 1 is 1.29 bits per heavy atom. The number of anilines is 1. The van der Waals surface area contributed by atoms with E-state index < -0.39 is 34.8 Å². The van der Waals surface area contributed by atoms with E-state index in [1.807, 2.05) is 29.2 Å². The molecule has 24 heavy (non-hydrogen) atoms. The van der Waals surface area contributed by atoms with E-state index in [4.69, 9.17) is 0 Å². The maximum absolute atomic E-state index is 12.8. The molecule has 1 atom stereocenters. The van der Waals surface area contributed by atoms with Crippen molar-refractivity contribution in [3.63, 3.8) is 0 Å². The lowest BCUT2D eigenvalue weighted by Gasteiger charge is -2.24. The summed E-state index contributed by atoms with van der Waals surface area (Å²) in [5.41, 5.74) is -1.35. The van der Waals surface area contributed by atoms with Crippen LogP contribution in [0, 0.1) is 0 Å². The van der Waals surface area contributed by atoms with Crippen LogP contribution in [-0.2, 0) is 11.0 Å². The third kappa shape index (κ3) is 3.33. The van der Waals surface area contributed by atoms with Crippen LogP contribution < -0.4 is 10.9 Å². The number of pyridine rings is 1. The number of H-pyrrole nitrogens is 1. The number of carbonyl (C=O) groups excluding carboxylic acids is 1. The Morgan fingerprint density at radius 2 is 2.04 bits per heavy atom. The fourth-order valence-electron chi connectivity index (χ4n) is 2.57. The van der Waals surface area contributed by atoms with Crippen LogP contribution in [0.3, 0.4) is 0 Å². The zero-order chi connectivity index (χ0) is 17.3. The highest BCUT2D eigenvalue weighted by molar-refractivity contribution is 7.99. The molecule has 1 aliphatic rings. The highest BCUT2D eigenvalue weighted by Gasteiger charge is 2.32. The summed E-state index contributed by atoms with van der Waals surface area (Å²) >= 11 is 1.63. The van der Waals surface area contributed by atoms with Crippen molar-refractivity contribution in [3.8, 4) is 0 Å². The van der Waals surface area contributed by atoms with Crippen molar-refractivity contribution in [3.05, 3.63) is 58.0 Å². The Kier molecular flexibility index (Phi) is 4.40. The van der Waals surface area contributed by atoms with Gasteiger partial charge in [-0.3, -0.25) is 9.59 Å². The number of amides is 1. The van der Waals surface area contributed by atoms with Crippen molar-refractivity contribution in [2.75, 3.05) is 11.1 Å². The summed E-state index contributed by atoms with van der Waals surface area (Å²) in [5.74, 6) is -0.238. The van der Waals surface area contributed by atoms with Gasteiger partial charge in [0.15, 0.2) is 0 Å². The first-order chi connectivity index (χ1) is 11.4. The number of fused-ring (bicyclic) bond motifs is 1. The second kappa shape index (κ2) is 6.35. The second-order valence-corrected chi connectivity index (χ2v) is 6.48. The van der Waals surface area contributed by atoms with Crippen molar-refractivity contribution in [1.29, 1.82) is 0 Å². The van der Waals surface area contributed by atoms with Gasteiger partial charge in [0.05, 0.1) is 11.5 Å². The minimum absolute atomic E-state index is 0.398. The van der Waals surface area contributed by atoms with Crippen LogP contribution in [0.2, 0.25) is 0 Å². The van der Waals surface area contributed by atoms with E-state index >= 15 is 0 Å². The summed E-state index contributed by atoms with van der Waals surface area (Å²) < 4.78 is 38.3. The van der Waals surface area contributed by atoms with Gasteiger partial charge < -0.3 is 10.3 Å². The van der Waals surface area contributed by atoms with Gasteiger partial charge in [0.2, 0.25) is 5.91 Å². The van der Waals surface area contributed by atoms with Crippen molar-refractivity contribution in [2.45, 2.75) is 23.4 Å². The molecule has 4 nitrogen and oxygen atoms in total. The molecule has 2 heterocycles. The summed E-state index contributed by atoms with van der Waals surface area (Å²) in [5, 5.41) is 2.34. The summed E-state index contributed by atoms with van der Waals surface area (Å²) in [6.07, 6.45) is -3.45. The predicted octanol–water partition coefficient (Wildman–Crippen LogP) is 3.61. The van der Waals surface area contributed by atoms with Crippen LogP contribution in [-0.4, -0.2) is 16.6 Å². The quantitative estimate of drug-likeness (QED) is 0.866. The minimum Gasteiger partial charge on any atom is -0.327 e. The number of hydrogen-bond donors (Lipinski definition) is 2. The van der Waals surface area contributed by atoms with Gasteiger partial charge in [-0.25, -0.2) is 0 Å². The Bertz CT molecular complexity index is 833. The van der Waals surface area contributed by atoms with Crippen LogP contribution in [0.4, 0.5) is 18.9 Å². The Morgan fingerprint density at radius 3 is 2.79 bits per heavy atom. The average molecular weight is 354 g/mol. The van der Waals surface area contributed by atoms with Crippen LogP contribution in [0.5, 0.6) is 0 Å². The van der Waals surface area contributed by atoms with E-state index in [1.54, 1.807) is 11.8 Å². The maximum atomic E-state index is 12.8. The van der Waals surface area contributed by atoms with Gasteiger partial charge in [0, 0.05) is 11.1 Å². The first-order valence-electron chi connectivity index (χ1n) is 7.19. The minimum atomic E-state index is -4.60. The zero-order valence-corrected chi connectivity index (χ0v) is 13.1. The Balaban J connectivity index is 1.88. The SMILES string of the molecule is O=C(Nc1cc(C(F)(F)F)c[nH]c1=O)C1CCSc2ccccc21. The molecule has 0 saturated heterocycles. The zero-order valence-electron chi connectivity index (χ0n) is 12.3. The first-order valence-corrected chi connectivity index (χ1v) is 8.17. The number of alkyl halides is 3. The molecule has 1 unspecified atom stereocenters. The number of aromatic amines is 1. The van der Waals surface area contributed by atoms with Gasteiger partial charge >= 0.3 is 6.18 Å². The Hall–Kier alpha value is -2.22. The Labute approximate surface area is 139 Å². The average Bonchev–Trinajstić information content (AvgIpc) is 2.55. The van der Waals surface area contributed by atoms with Crippen LogP contribution in [0.1, 0.15) is 23.5 Å². The molecule has 0 aliphatic carbocycles. The molecule has 1 aromatic heterocycles. The summed E-state index contributed by atoms with van der Waals surface area (Å²) in [6.45, 7) is 0. The lowest BCUT2D eigenvalue weighted by molar-refractivity contribution is -0.137. The fraction of sp³-hybridized carbons (Fsp3) is 0.250. The maximum Gasteiger partial charge on any atom is 0.417 e. The first kappa shape index (κ1) is 16.6.